The Morgan fingerprint density at radius 2 is 1.95 bits per heavy atom. The fourth-order valence-electron chi connectivity index (χ4n) is 7.00. The molecule has 0 radical (unpaired) electrons. The van der Waals surface area contributed by atoms with E-state index < -0.39 is 0 Å². The van der Waals surface area contributed by atoms with Crippen LogP contribution in [-0.2, 0) is 17.6 Å². The van der Waals surface area contributed by atoms with E-state index in [0.29, 0.717) is 17.3 Å². The van der Waals surface area contributed by atoms with Crippen molar-refractivity contribution in [1.82, 2.24) is 39.5 Å². The van der Waals surface area contributed by atoms with Crippen LogP contribution in [0, 0.1) is 5.41 Å². The number of carbonyl (C=O) groups excluding carboxylic acids is 1. The molecule has 4 aromatic heterocycles. The zero-order valence-electron chi connectivity index (χ0n) is 25.0. The van der Waals surface area contributed by atoms with Crippen LogP contribution < -0.4 is 11.1 Å². The smallest absolute Gasteiger partial charge is 0.245 e. The van der Waals surface area contributed by atoms with Crippen molar-refractivity contribution in [2.75, 3.05) is 25.9 Å². The van der Waals surface area contributed by atoms with Crippen LogP contribution in [0.1, 0.15) is 36.8 Å². The first-order valence-electron chi connectivity index (χ1n) is 15.3. The zero-order valence-corrected chi connectivity index (χ0v) is 25.0. The number of rotatable bonds is 5. The lowest BCUT2D eigenvalue weighted by Gasteiger charge is -2.48. The summed E-state index contributed by atoms with van der Waals surface area (Å²) in [4.78, 5) is 27.2. The molecule has 1 aromatic carbocycles. The fourth-order valence-corrected chi connectivity index (χ4v) is 7.00. The van der Waals surface area contributed by atoms with Gasteiger partial charge in [-0.15, -0.1) is 0 Å². The van der Waals surface area contributed by atoms with Crippen LogP contribution in [0.25, 0.3) is 34.1 Å². The highest BCUT2D eigenvalue weighted by Gasteiger charge is 2.48. The molecule has 3 aliphatic rings. The molecule has 1 amide bonds. The molecule has 1 atom stereocenters. The Labute approximate surface area is 256 Å². The Morgan fingerprint density at radius 1 is 1.09 bits per heavy atom. The number of benzene rings is 1. The summed E-state index contributed by atoms with van der Waals surface area (Å²) in [7, 11) is 2.02. The summed E-state index contributed by atoms with van der Waals surface area (Å²) in [5.74, 6) is 2.00. The second kappa shape index (κ2) is 11.3. The first-order chi connectivity index (χ1) is 21.5. The Hall–Kier alpha value is -4.83. The van der Waals surface area contributed by atoms with E-state index in [9.17, 15) is 4.79 Å². The maximum absolute atomic E-state index is 11.3. The van der Waals surface area contributed by atoms with E-state index in [0.717, 1.165) is 60.0 Å². The molecule has 5 aromatic rings. The second-order valence-electron chi connectivity index (χ2n) is 12.1. The van der Waals surface area contributed by atoms with E-state index in [4.69, 9.17) is 15.7 Å². The maximum atomic E-state index is 11.3. The summed E-state index contributed by atoms with van der Waals surface area (Å²) in [5.41, 5.74) is 12.9. The minimum Gasteiger partial charge on any atom is -0.383 e. The summed E-state index contributed by atoms with van der Waals surface area (Å²) in [6.45, 7) is 5.39. The monoisotopic (exact) mass is 587 g/mol. The minimum absolute atomic E-state index is 0.0866. The van der Waals surface area contributed by atoms with Gasteiger partial charge in [0.2, 0.25) is 5.91 Å². The summed E-state index contributed by atoms with van der Waals surface area (Å²) >= 11 is 0. The van der Waals surface area contributed by atoms with E-state index in [1.807, 2.05) is 48.5 Å². The number of likely N-dealkylation sites (tertiary alicyclic amines) is 1. The lowest BCUT2D eigenvalue weighted by molar-refractivity contribution is -0.137. The van der Waals surface area contributed by atoms with E-state index in [1.54, 1.807) is 17.1 Å². The molecule has 1 aliphatic heterocycles. The molecular formula is C34H37N9O. The molecule has 8 rings (SSSR count). The molecule has 2 aliphatic carbocycles. The maximum Gasteiger partial charge on any atom is 0.245 e. The van der Waals surface area contributed by atoms with Crippen LogP contribution in [-0.4, -0.2) is 66.3 Å². The number of hydrogen-bond acceptors (Lipinski definition) is 7. The van der Waals surface area contributed by atoms with Crippen molar-refractivity contribution >= 4 is 22.9 Å². The normalized spacial score (nSPS) is 18.1. The number of aromatic nitrogens is 6. The van der Waals surface area contributed by atoms with Gasteiger partial charge < -0.3 is 16.0 Å². The summed E-state index contributed by atoms with van der Waals surface area (Å²) < 4.78 is 3.83. The quantitative estimate of drug-likeness (QED) is 0.290. The molecule has 1 unspecified atom stereocenters. The molecule has 5 heterocycles. The third-order valence-electron chi connectivity index (χ3n) is 9.30. The number of imidazole rings is 1. The van der Waals surface area contributed by atoms with Gasteiger partial charge in [0.15, 0.2) is 17.3 Å². The topological polar surface area (TPSA) is 120 Å². The molecule has 10 heteroatoms. The molecule has 224 valence electrons. The number of carbonyl (C=O) groups is 1. The molecule has 3 N–H and O–H groups in total. The highest BCUT2D eigenvalue weighted by Crippen LogP contribution is 2.45. The van der Waals surface area contributed by atoms with Gasteiger partial charge in [0, 0.05) is 48.8 Å². The minimum atomic E-state index is 0.0866. The Balaban J connectivity index is 0.000000187. The van der Waals surface area contributed by atoms with Gasteiger partial charge in [-0.05, 0) is 105 Å². The van der Waals surface area contributed by atoms with Gasteiger partial charge in [-0.3, -0.25) is 9.36 Å². The van der Waals surface area contributed by atoms with Gasteiger partial charge in [0.05, 0.1) is 5.56 Å². The van der Waals surface area contributed by atoms with Crippen LogP contribution in [0.5, 0.6) is 0 Å². The zero-order chi connectivity index (χ0) is 30.3. The number of nitrogens with zero attached hydrogens (tertiary/aromatic N) is 7. The van der Waals surface area contributed by atoms with Crippen LogP contribution in [0.3, 0.4) is 0 Å². The SMILES string of the molecule is C=CC(=O)N1CC2(CCC(NC)C2)C1.Nc1ncccc1-c1nc2ccc(-n3cccn3)nc2n1-c1ccc2c(c1)CCC2. The Morgan fingerprint density at radius 3 is 2.70 bits per heavy atom. The average Bonchev–Trinajstić information content (AvgIpc) is 3.85. The van der Waals surface area contributed by atoms with Gasteiger partial charge in [-0.25, -0.2) is 19.6 Å². The van der Waals surface area contributed by atoms with Gasteiger partial charge in [-0.1, -0.05) is 12.6 Å². The van der Waals surface area contributed by atoms with Crippen LogP contribution in [0.15, 0.2) is 79.8 Å². The van der Waals surface area contributed by atoms with E-state index in [2.05, 4.69) is 44.7 Å². The van der Waals surface area contributed by atoms with Crippen molar-refractivity contribution in [2.45, 2.75) is 44.6 Å². The number of hydrogen-bond donors (Lipinski definition) is 2. The number of aryl methyl sites for hydroxylation is 2. The first kappa shape index (κ1) is 28.0. The van der Waals surface area contributed by atoms with Gasteiger partial charge in [-0.2, -0.15) is 5.10 Å². The number of fused-ring (bicyclic) bond motifs is 2. The van der Waals surface area contributed by atoms with Crippen molar-refractivity contribution in [1.29, 1.82) is 0 Å². The highest BCUT2D eigenvalue weighted by atomic mass is 16.2. The predicted octanol–water partition coefficient (Wildman–Crippen LogP) is 4.51. The summed E-state index contributed by atoms with van der Waals surface area (Å²) in [6.07, 6.45) is 13.9. The lowest BCUT2D eigenvalue weighted by atomic mass is 9.78. The third-order valence-corrected chi connectivity index (χ3v) is 9.30. The first-order valence-corrected chi connectivity index (χ1v) is 15.3. The predicted molar refractivity (Wildman–Crippen MR) is 172 cm³/mol. The van der Waals surface area contributed by atoms with Crippen molar-refractivity contribution in [3.63, 3.8) is 0 Å². The van der Waals surface area contributed by atoms with Crippen LogP contribution in [0.4, 0.5) is 5.82 Å². The largest absolute Gasteiger partial charge is 0.383 e. The number of pyridine rings is 2. The molecular weight excluding hydrogens is 550 g/mol. The molecule has 2 fully saturated rings. The van der Waals surface area contributed by atoms with Crippen molar-refractivity contribution in [3.05, 3.63) is 90.9 Å². The number of nitrogens with two attached hydrogens (primary N) is 1. The third kappa shape index (κ3) is 5.05. The van der Waals surface area contributed by atoms with Gasteiger partial charge in [0.1, 0.15) is 11.3 Å². The molecule has 1 saturated heterocycles. The lowest BCUT2D eigenvalue weighted by Crippen LogP contribution is -2.57. The molecule has 1 saturated carbocycles. The molecule has 1 spiro atoms. The summed E-state index contributed by atoms with van der Waals surface area (Å²) in [6, 6.07) is 16.9. The molecule has 10 nitrogen and oxygen atoms in total. The van der Waals surface area contributed by atoms with Crippen molar-refractivity contribution < 1.29 is 4.79 Å². The van der Waals surface area contributed by atoms with E-state index in [-0.39, 0.29) is 5.91 Å². The Bertz CT molecular complexity index is 1840. The van der Waals surface area contributed by atoms with Crippen molar-refractivity contribution in [3.8, 4) is 22.9 Å². The summed E-state index contributed by atoms with van der Waals surface area (Å²) in [5, 5.41) is 7.64. The van der Waals surface area contributed by atoms with Gasteiger partial charge >= 0.3 is 0 Å². The highest BCUT2D eigenvalue weighted by molar-refractivity contribution is 5.87. The van der Waals surface area contributed by atoms with Gasteiger partial charge in [0.25, 0.3) is 0 Å². The number of nitrogen functional groups attached to an aromatic ring is 1. The van der Waals surface area contributed by atoms with Crippen LogP contribution >= 0.6 is 0 Å². The number of amides is 1. The Kier molecular flexibility index (Phi) is 7.21. The average molecular weight is 588 g/mol. The second-order valence-corrected chi connectivity index (χ2v) is 12.1. The molecule has 44 heavy (non-hydrogen) atoms. The number of anilines is 1. The van der Waals surface area contributed by atoms with E-state index in [1.165, 1.54) is 42.9 Å². The standard InChI is InChI=1S/C23H19N7.C11H18N2O/c24-21-18(6-2-11-25-21)22-27-19-9-10-20(29-13-3-12-26-29)28-23(19)30(22)17-8-7-15-4-1-5-16(15)14-17;1-3-10(14)13-7-11(8-13)5-4-9(6-11)12-2/h2-3,6-14H,1,4-5H2,(H2,24,25);3,9,12H,1,4-8H2,2H3. The van der Waals surface area contributed by atoms with Crippen molar-refractivity contribution in [2.24, 2.45) is 5.41 Å². The van der Waals surface area contributed by atoms with E-state index >= 15 is 0 Å². The van der Waals surface area contributed by atoms with Crippen LogP contribution in [0.2, 0.25) is 0 Å². The number of nitrogens with one attached hydrogen (secondary N) is 1. The fraction of sp³-hybridized carbons (Fsp3) is 0.324. The molecule has 0 bridgehead atoms.